The minimum atomic E-state index is -0.265. The predicted octanol–water partition coefficient (Wildman–Crippen LogP) is 1.25. The highest BCUT2D eigenvalue weighted by Crippen LogP contribution is 1.99. The number of H-pyrrole nitrogens is 1. The van der Waals surface area contributed by atoms with Gasteiger partial charge in [-0.2, -0.15) is 5.26 Å². The molecule has 0 radical (unpaired) electrons. The summed E-state index contributed by atoms with van der Waals surface area (Å²) in [6.45, 7) is 0.526. The van der Waals surface area contributed by atoms with E-state index in [1.54, 1.807) is 18.2 Å². The van der Waals surface area contributed by atoms with Crippen LogP contribution in [0.4, 0.5) is 0 Å². The van der Waals surface area contributed by atoms with Gasteiger partial charge in [0.2, 0.25) is 0 Å². The van der Waals surface area contributed by atoms with Crippen molar-refractivity contribution in [3.8, 4) is 6.07 Å². The molecule has 0 fully saturated rings. The van der Waals surface area contributed by atoms with E-state index in [0.29, 0.717) is 6.54 Å². The molecule has 0 aliphatic rings. The summed E-state index contributed by atoms with van der Waals surface area (Å²) in [5.41, 5.74) is 1.57. The molecule has 2 aromatic rings. The molecule has 5 nitrogen and oxygen atoms in total. The van der Waals surface area contributed by atoms with Crippen LogP contribution in [0.25, 0.3) is 0 Å². The zero-order valence-electron chi connectivity index (χ0n) is 9.68. The zero-order chi connectivity index (χ0) is 12.8. The van der Waals surface area contributed by atoms with Gasteiger partial charge in [0, 0.05) is 24.9 Å². The van der Waals surface area contributed by atoms with Gasteiger partial charge in [-0.1, -0.05) is 6.07 Å². The lowest BCUT2D eigenvalue weighted by molar-refractivity contribution is 0.0949. The van der Waals surface area contributed by atoms with Gasteiger partial charge >= 0.3 is 0 Å². The van der Waals surface area contributed by atoms with E-state index in [9.17, 15) is 4.79 Å². The van der Waals surface area contributed by atoms with Gasteiger partial charge in [-0.25, -0.2) is 4.98 Å². The summed E-state index contributed by atoms with van der Waals surface area (Å²) in [4.78, 5) is 18.7. The summed E-state index contributed by atoms with van der Waals surface area (Å²) >= 11 is 0. The molecule has 1 amide bonds. The number of aromatic nitrogens is 2. The molecule has 5 heteroatoms. The zero-order valence-corrected chi connectivity index (χ0v) is 9.68. The molecule has 0 aliphatic heterocycles. The summed E-state index contributed by atoms with van der Waals surface area (Å²) < 4.78 is 0. The number of nitrogens with zero attached hydrogens (tertiary/aromatic N) is 2. The van der Waals surface area contributed by atoms with E-state index in [1.165, 1.54) is 0 Å². The Bertz CT molecular complexity index is 569. The highest BCUT2D eigenvalue weighted by Gasteiger charge is 2.07. The van der Waals surface area contributed by atoms with Crippen LogP contribution in [0.15, 0.2) is 36.5 Å². The summed E-state index contributed by atoms with van der Waals surface area (Å²) in [5.74, 6) is -0.265. The summed E-state index contributed by atoms with van der Waals surface area (Å²) in [6, 6.07) is 10.6. The largest absolute Gasteiger partial charge is 0.365 e. The number of hydrogen-bond acceptors (Lipinski definition) is 3. The Morgan fingerprint density at radius 2 is 2.28 bits per heavy atom. The quantitative estimate of drug-likeness (QED) is 0.843. The normalized spacial score (nSPS) is 9.72. The molecule has 0 spiro atoms. The van der Waals surface area contributed by atoms with E-state index < -0.39 is 0 Å². The first kappa shape index (κ1) is 11.9. The van der Waals surface area contributed by atoms with Crippen LogP contribution in [0.2, 0.25) is 0 Å². The molecule has 0 atom stereocenters. The Hall–Kier alpha value is -2.61. The fourth-order valence-corrected chi connectivity index (χ4v) is 1.55. The second-order valence-electron chi connectivity index (χ2n) is 3.72. The Morgan fingerprint density at radius 1 is 1.39 bits per heavy atom. The third-order valence-electron chi connectivity index (χ3n) is 2.44. The first-order valence-corrected chi connectivity index (χ1v) is 5.57. The average molecular weight is 240 g/mol. The van der Waals surface area contributed by atoms with Gasteiger partial charge in [0.25, 0.3) is 5.91 Å². The fraction of sp³-hybridized carbons (Fsp3) is 0.154. The maximum absolute atomic E-state index is 11.7. The topological polar surface area (TPSA) is 81.6 Å². The number of rotatable bonds is 4. The van der Waals surface area contributed by atoms with Crippen LogP contribution in [0, 0.1) is 11.3 Å². The first-order valence-electron chi connectivity index (χ1n) is 5.57. The van der Waals surface area contributed by atoms with Crippen LogP contribution in [0.3, 0.4) is 0 Å². The maximum Gasteiger partial charge on any atom is 0.269 e. The molecule has 0 unspecified atom stereocenters. The third kappa shape index (κ3) is 2.95. The predicted molar refractivity (Wildman–Crippen MR) is 65.8 cm³/mol. The fourth-order valence-electron chi connectivity index (χ4n) is 1.55. The SMILES string of the molecule is N#Cc1cccc(C(=O)NCCc2ccc[nH]2)n1. The molecule has 0 saturated heterocycles. The molecule has 2 heterocycles. The van der Waals surface area contributed by atoms with Crippen molar-refractivity contribution in [2.45, 2.75) is 6.42 Å². The Kier molecular flexibility index (Phi) is 3.72. The Morgan fingerprint density at radius 3 is 3.00 bits per heavy atom. The Labute approximate surface area is 104 Å². The van der Waals surface area contributed by atoms with E-state index in [4.69, 9.17) is 5.26 Å². The second-order valence-corrected chi connectivity index (χ2v) is 3.72. The molecule has 2 rings (SSSR count). The van der Waals surface area contributed by atoms with Gasteiger partial charge in [0.1, 0.15) is 17.5 Å². The second kappa shape index (κ2) is 5.64. The number of amides is 1. The van der Waals surface area contributed by atoms with Crippen molar-refractivity contribution in [3.63, 3.8) is 0 Å². The van der Waals surface area contributed by atoms with E-state index in [2.05, 4.69) is 15.3 Å². The molecule has 2 N–H and O–H groups in total. The average Bonchev–Trinajstić information content (AvgIpc) is 2.92. The molecular weight excluding hydrogens is 228 g/mol. The molecular formula is C13H12N4O. The number of nitrogens with one attached hydrogen (secondary N) is 2. The molecule has 0 bridgehead atoms. The van der Waals surface area contributed by atoms with Gasteiger partial charge in [-0.05, 0) is 24.3 Å². The van der Waals surface area contributed by atoms with Crippen molar-refractivity contribution < 1.29 is 4.79 Å². The highest BCUT2D eigenvalue weighted by atomic mass is 16.1. The van der Waals surface area contributed by atoms with E-state index in [1.807, 2.05) is 24.4 Å². The van der Waals surface area contributed by atoms with Crippen molar-refractivity contribution in [3.05, 3.63) is 53.6 Å². The number of pyridine rings is 1. The molecule has 18 heavy (non-hydrogen) atoms. The number of carbonyl (C=O) groups is 1. The highest BCUT2D eigenvalue weighted by molar-refractivity contribution is 5.92. The molecule has 2 aromatic heterocycles. The number of aromatic amines is 1. The van der Waals surface area contributed by atoms with Crippen molar-refractivity contribution in [2.75, 3.05) is 6.54 Å². The van der Waals surface area contributed by atoms with Crippen LogP contribution in [-0.4, -0.2) is 22.4 Å². The number of carbonyl (C=O) groups excluding carboxylic acids is 1. The van der Waals surface area contributed by atoms with Gasteiger partial charge in [0.05, 0.1) is 0 Å². The third-order valence-corrected chi connectivity index (χ3v) is 2.44. The lowest BCUT2D eigenvalue weighted by Crippen LogP contribution is -2.26. The van der Waals surface area contributed by atoms with Crippen molar-refractivity contribution in [1.82, 2.24) is 15.3 Å². The van der Waals surface area contributed by atoms with Crippen LogP contribution >= 0.6 is 0 Å². The van der Waals surface area contributed by atoms with Crippen molar-refractivity contribution >= 4 is 5.91 Å². The lowest BCUT2D eigenvalue weighted by Gasteiger charge is -2.03. The van der Waals surface area contributed by atoms with Crippen molar-refractivity contribution in [2.24, 2.45) is 0 Å². The molecule has 0 aliphatic carbocycles. The smallest absolute Gasteiger partial charge is 0.269 e. The van der Waals surface area contributed by atoms with E-state index in [0.717, 1.165) is 12.1 Å². The van der Waals surface area contributed by atoms with Crippen LogP contribution in [-0.2, 0) is 6.42 Å². The van der Waals surface area contributed by atoms with E-state index >= 15 is 0 Å². The van der Waals surface area contributed by atoms with Gasteiger partial charge in [-0.15, -0.1) is 0 Å². The van der Waals surface area contributed by atoms with Crippen LogP contribution in [0.5, 0.6) is 0 Å². The van der Waals surface area contributed by atoms with Crippen LogP contribution in [0.1, 0.15) is 21.9 Å². The molecule has 0 saturated carbocycles. The van der Waals surface area contributed by atoms with Crippen molar-refractivity contribution in [1.29, 1.82) is 5.26 Å². The number of hydrogen-bond donors (Lipinski definition) is 2. The summed E-state index contributed by atoms with van der Waals surface area (Å²) in [7, 11) is 0. The van der Waals surface area contributed by atoms with E-state index in [-0.39, 0.29) is 17.3 Å². The Balaban J connectivity index is 1.89. The number of nitriles is 1. The standard InChI is InChI=1S/C13H12N4O/c14-9-11-3-1-5-12(17-11)13(18)16-8-6-10-4-2-7-15-10/h1-5,7,15H,6,8H2,(H,16,18). The van der Waals surface area contributed by atoms with Crippen LogP contribution < -0.4 is 5.32 Å². The van der Waals surface area contributed by atoms with Gasteiger partial charge in [0.15, 0.2) is 0 Å². The minimum Gasteiger partial charge on any atom is -0.365 e. The molecule has 0 aromatic carbocycles. The maximum atomic E-state index is 11.7. The monoisotopic (exact) mass is 240 g/mol. The minimum absolute atomic E-state index is 0.243. The lowest BCUT2D eigenvalue weighted by atomic mass is 10.3. The first-order chi connectivity index (χ1) is 8.79. The summed E-state index contributed by atoms with van der Waals surface area (Å²) in [6.07, 6.45) is 2.58. The summed E-state index contributed by atoms with van der Waals surface area (Å²) in [5, 5.41) is 11.5. The van der Waals surface area contributed by atoms with Gasteiger partial charge in [-0.3, -0.25) is 4.79 Å². The van der Waals surface area contributed by atoms with Gasteiger partial charge < -0.3 is 10.3 Å². The molecule has 90 valence electrons.